The number of aryl methyl sites for hydroxylation is 1. The maximum Gasteiger partial charge on any atom is 0.433 e. The zero-order valence-corrected chi connectivity index (χ0v) is 11.8. The molecule has 0 aliphatic heterocycles. The van der Waals surface area contributed by atoms with Crippen molar-refractivity contribution in [2.45, 2.75) is 26.4 Å². The first-order valence-electron chi connectivity index (χ1n) is 6.73. The highest BCUT2D eigenvalue weighted by Crippen LogP contribution is 2.31. The van der Waals surface area contributed by atoms with Crippen molar-refractivity contribution in [1.82, 2.24) is 9.97 Å². The summed E-state index contributed by atoms with van der Waals surface area (Å²) in [5.41, 5.74) is 1.08. The van der Waals surface area contributed by atoms with Crippen molar-refractivity contribution in [3.05, 3.63) is 41.6 Å². The lowest BCUT2D eigenvalue weighted by atomic mass is 10.1. The Kier molecular flexibility index (Phi) is 4.45. The van der Waals surface area contributed by atoms with Crippen LogP contribution in [0.2, 0.25) is 0 Å². The third kappa shape index (κ3) is 3.71. The van der Waals surface area contributed by atoms with Crippen molar-refractivity contribution >= 4 is 5.95 Å². The van der Waals surface area contributed by atoms with Crippen LogP contribution in [-0.2, 0) is 12.6 Å². The van der Waals surface area contributed by atoms with Crippen LogP contribution in [0.4, 0.5) is 19.1 Å². The number of aromatic nitrogens is 2. The molecule has 0 atom stereocenters. The van der Waals surface area contributed by atoms with Crippen molar-refractivity contribution in [2.75, 3.05) is 11.9 Å². The Morgan fingerprint density at radius 1 is 1.05 bits per heavy atom. The topological polar surface area (TPSA) is 37.8 Å². The van der Waals surface area contributed by atoms with Crippen molar-refractivity contribution in [3.63, 3.8) is 0 Å². The molecule has 2 aromatic rings. The highest BCUT2D eigenvalue weighted by Gasteiger charge is 2.33. The first-order valence-corrected chi connectivity index (χ1v) is 6.73. The van der Waals surface area contributed by atoms with Gasteiger partial charge < -0.3 is 5.32 Å². The molecule has 2 rings (SSSR count). The van der Waals surface area contributed by atoms with E-state index < -0.39 is 11.9 Å². The summed E-state index contributed by atoms with van der Waals surface area (Å²) < 4.78 is 38.7. The molecule has 0 amide bonds. The van der Waals surface area contributed by atoms with Gasteiger partial charge in [0, 0.05) is 12.1 Å². The molecular weight excluding hydrogens is 279 g/mol. The van der Waals surface area contributed by atoms with Crippen LogP contribution >= 0.6 is 0 Å². The molecule has 3 nitrogen and oxygen atoms in total. The van der Waals surface area contributed by atoms with Crippen molar-refractivity contribution in [3.8, 4) is 11.3 Å². The molecule has 1 N–H and O–H groups in total. The standard InChI is InChI=1S/C15H16F3N3/c1-3-10-5-7-11(8-6-10)12-9-13(15(16,17)18)21-14(20-12)19-4-2/h5-9H,3-4H2,1-2H3,(H,19,20,21). The number of benzene rings is 1. The monoisotopic (exact) mass is 295 g/mol. The van der Waals surface area contributed by atoms with Crippen LogP contribution < -0.4 is 5.32 Å². The third-order valence-electron chi connectivity index (χ3n) is 3.01. The molecule has 6 heteroatoms. The summed E-state index contributed by atoms with van der Waals surface area (Å²) in [5.74, 6) is -0.0121. The minimum absolute atomic E-state index is 0.0121. The summed E-state index contributed by atoms with van der Waals surface area (Å²) in [4.78, 5) is 7.65. The van der Waals surface area contributed by atoms with E-state index in [1.165, 1.54) is 0 Å². The van der Waals surface area contributed by atoms with E-state index in [1.54, 1.807) is 19.1 Å². The van der Waals surface area contributed by atoms with Gasteiger partial charge in [0.1, 0.15) is 0 Å². The molecule has 0 saturated carbocycles. The molecule has 0 aliphatic rings. The second-order valence-corrected chi connectivity index (χ2v) is 4.54. The van der Waals surface area contributed by atoms with Crippen LogP contribution in [0.3, 0.4) is 0 Å². The molecule has 21 heavy (non-hydrogen) atoms. The summed E-state index contributed by atoms with van der Waals surface area (Å²) in [5, 5.41) is 2.73. The Bertz CT molecular complexity index is 607. The van der Waals surface area contributed by atoms with Crippen LogP contribution in [0.15, 0.2) is 30.3 Å². The molecule has 0 aliphatic carbocycles. The van der Waals surface area contributed by atoms with Crippen molar-refractivity contribution in [1.29, 1.82) is 0 Å². The summed E-state index contributed by atoms with van der Waals surface area (Å²) in [7, 11) is 0. The second kappa shape index (κ2) is 6.11. The molecule has 1 aromatic carbocycles. The van der Waals surface area contributed by atoms with E-state index in [2.05, 4.69) is 15.3 Å². The zero-order valence-electron chi connectivity index (χ0n) is 11.8. The van der Waals surface area contributed by atoms with Crippen LogP contribution in [0.5, 0.6) is 0 Å². The Labute approximate surface area is 121 Å². The molecule has 112 valence electrons. The molecule has 0 bridgehead atoms. The lowest BCUT2D eigenvalue weighted by molar-refractivity contribution is -0.141. The van der Waals surface area contributed by atoms with Crippen molar-refractivity contribution < 1.29 is 13.2 Å². The maximum atomic E-state index is 12.9. The van der Waals surface area contributed by atoms with Crippen LogP contribution in [0.25, 0.3) is 11.3 Å². The van der Waals surface area contributed by atoms with Gasteiger partial charge in [-0.25, -0.2) is 9.97 Å². The Hall–Kier alpha value is -2.11. The third-order valence-corrected chi connectivity index (χ3v) is 3.01. The van der Waals surface area contributed by atoms with Crippen LogP contribution in [0, 0.1) is 0 Å². The van der Waals surface area contributed by atoms with Crippen LogP contribution in [0.1, 0.15) is 25.1 Å². The first kappa shape index (κ1) is 15.3. The van der Waals surface area contributed by atoms with Gasteiger partial charge in [0.15, 0.2) is 5.69 Å². The molecule has 0 radical (unpaired) electrons. The van der Waals surface area contributed by atoms with E-state index in [1.807, 2.05) is 19.1 Å². The zero-order chi connectivity index (χ0) is 15.5. The highest BCUT2D eigenvalue weighted by molar-refractivity contribution is 5.61. The quantitative estimate of drug-likeness (QED) is 0.920. The molecule has 0 fully saturated rings. The fraction of sp³-hybridized carbons (Fsp3) is 0.333. The van der Waals surface area contributed by atoms with Crippen LogP contribution in [-0.4, -0.2) is 16.5 Å². The normalized spacial score (nSPS) is 11.5. The van der Waals surface area contributed by atoms with Gasteiger partial charge in [-0.1, -0.05) is 31.2 Å². The number of nitrogens with one attached hydrogen (secondary N) is 1. The van der Waals surface area contributed by atoms with E-state index in [0.29, 0.717) is 12.1 Å². The fourth-order valence-corrected chi connectivity index (χ4v) is 1.89. The number of rotatable bonds is 4. The van der Waals surface area contributed by atoms with E-state index in [0.717, 1.165) is 18.1 Å². The largest absolute Gasteiger partial charge is 0.433 e. The Morgan fingerprint density at radius 2 is 1.71 bits per heavy atom. The Balaban J connectivity index is 2.48. The van der Waals surface area contributed by atoms with Gasteiger partial charge in [0.05, 0.1) is 5.69 Å². The minimum atomic E-state index is -4.49. The predicted octanol–water partition coefficient (Wildman–Crippen LogP) is 4.16. The van der Waals surface area contributed by atoms with E-state index in [4.69, 9.17) is 0 Å². The first-order chi connectivity index (χ1) is 9.94. The lowest BCUT2D eigenvalue weighted by Gasteiger charge is -2.11. The van der Waals surface area contributed by atoms with E-state index in [-0.39, 0.29) is 11.6 Å². The summed E-state index contributed by atoms with van der Waals surface area (Å²) in [6, 6.07) is 8.30. The molecule has 0 spiro atoms. The highest BCUT2D eigenvalue weighted by atomic mass is 19.4. The van der Waals surface area contributed by atoms with Gasteiger partial charge in [-0.05, 0) is 25.0 Å². The average molecular weight is 295 g/mol. The summed E-state index contributed by atoms with van der Waals surface area (Å²) in [6.07, 6.45) is -3.62. The second-order valence-electron chi connectivity index (χ2n) is 4.54. The number of alkyl halides is 3. The number of nitrogens with zero attached hydrogens (tertiary/aromatic N) is 2. The number of hydrogen-bond acceptors (Lipinski definition) is 3. The molecule has 1 aromatic heterocycles. The minimum Gasteiger partial charge on any atom is -0.354 e. The van der Waals surface area contributed by atoms with Gasteiger partial charge in [0.2, 0.25) is 5.95 Å². The van der Waals surface area contributed by atoms with Gasteiger partial charge in [-0.3, -0.25) is 0 Å². The molecular formula is C15H16F3N3. The van der Waals surface area contributed by atoms with Gasteiger partial charge in [-0.2, -0.15) is 13.2 Å². The summed E-state index contributed by atoms with van der Waals surface area (Å²) >= 11 is 0. The summed E-state index contributed by atoms with van der Waals surface area (Å²) in [6.45, 7) is 4.25. The number of hydrogen-bond donors (Lipinski definition) is 1. The molecule has 0 unspecified atom stereocenters. The van der Waals surface area contributed by atoms with Gasteiger partial charge in [0.25, 0.3) is 0 Å². The predicted molar refractivity (Wildman–Crippen MR) is 76.0 cm³/mol. The van der Waals surface area contributed by atoms with E-state index >= 15 is 0 Å². The lowest BCUT2D eigenvalue weighted by Crippen LogP contribution is -2.12. The molecule has 0 saturated heterocycles. The smallest absolute Gasteiger partial charge is 0.354 e. The van der Waals surface area contributed by atoms with Gasteiger partial charge >= 0.3 is 6.18 Å². The SMILES string of the molecule is CCNc1nc(-c2ccc(CC)cc2)cc(C(F)(F)F)n1. The van der Waals surface area contributed by atoms with Crippen molar-refractivity contribution in [2.24, 2.45) is 0 Å². The Morgan fingerprint density at radius 3 is 2.24 bits per heavy atom. The average Bonchev–Trinajstić information content (AvgIpc) is 2.46. The van der Waals surface area contributed by atoms with E-state index in [9.17, 15) is 13.2 Å². The fourth-order valence-electron chi connectivity index (χ4n) is 1.89. The maximum absolute atomic E-state index is 12.9. The number of anilines is 1. The number of halogens is 3. The molecule has 1 heterocycles. The van der Waals surface area contributed by atoms with Gasteiger partial charge in [-0.15, -0.1) is 0 Å².